The number of carbonyl (C=O) groups excluding carboxylic acids is 1. The van der Waals surface area contributed by atoms with Crippen LogP contribution in [-0.4, -0.2) is 23.0 Å². The summed E-state index contributed by atoms with van der Waals surface area (Å²) in [4.78, 5) is 22.3. The quantitative estimate of drug-likeness (QED) is 0.652. The van der Waals surface area contributed by atoms with Crippen LogP contribution in [0.3, 0.4) is 0 Å². The third kappa shape index (κ3) is 1.13. The van der Waals surface area contributed by atoms with Crippen LogP contribution in [-0.2, 0) is 9.59 Å². The highest BCUT2D eigenvalue weighted by molar-refractivity contribution is 5.89. The minimum atomic E-state index is -0.885. The summed E-state index contributed by atoms with van der Waals surface area (Å²) in [6, 6.07) is -0.660. The highest BCUT2D eigenvalue weighted by Crippen LogP contribution is 2.50. The Morgan fingerprint density at radius 1 is 1.64 bits per heavy atom. The second-order valence-electron chi connectivity index (χ2n) is 4.54. The van der Waals surface area contributed by atoms with Gasteiger partial charge in [-0.2, -0.15) is 0 Å². The van der Waals surface area contributed by atoms with Gasteiger partial charge in [-0.3, -0.25) is 4.79 Å². The van der Waals surface area contributed by atoms with Crippen molar-refractivity contribution < 1.29 is 14.7 Å². The molecule has 78 valence electrons. The summed E-state index contributed by atoms with van der Waals surface area (Å²) in [5.41, 5.74) is -0.303. The van der Waals surface area contributed by atoms with E-state index in [0.29, 0.717) is 12.3 Å². The maximum absolute atomic E-state index is 11.3. The number of hydrogen-bond acceptors (Lipinski definition) is 2. The van der Waals surface area contributed by atoms with Crippen molar-refractivity contribution in [3.05, 3.63) is 0 Å². The van der Waals surface area contributed by atoms with E-state index in [4.69, 9.17) is 5.11 Å². The molecule has 0 bridgehead atoms. The van der Waals surface area contributed by atoms with E-state index < -0.39 is 12.0 Å². The van der Waals surface area contributed by atoms with E-state index in [-0.39, 0.29) is 11.3 Å². The Hall–Kier alpha value is -1.06. The molecule has 1 heterocycles. The predicted molar refractivity (Wildman–Crippen MR) is 49.6 cm³/mol. The fourth-order valence-electron chi connectivity index (χ4n) is 3.03. The lowest BCUT2D eigenvalue weighted by molar-refractivity contribution is -0.143. The van der Waals surface area contributed by atoms with Gasteiger partial charge in [-0.15, -0.1) is 0 Å². The fourth-order valence-corrected chi connectivity index (χ4v) is 3.03. The summed E-state index contributed by atoms with van der Waals surface area (Å²) >= 11 is 0. The minimum Gasteiger partial charge on any atom is -0.480 e. The molecule has 1 spiro atoms. The largest absolute Gasteiger partial charge is 0.480 e. The third-order valence-electron chi connectivity index (χ3n) is 3.88. The van der Waals surface area contributed by atoms with Crippen LogP contribution in [0.2, 0.25) is 0 Å². The van der Waals surface area contributed by atoms with Gasteiger partial charge in [0.2, 0.25) is 5.91 Å². The van der Waals surface area contributed by atoms with Gasteiger partial charge in [-0.1, -0.05) is 19.8 Å². The Morgan fingerprint density at radius 3 is 2.86 bits per heavy atom. The standard InChI is InChI=1S/C10H15NO3/c1-6-3-2-4-10(6)5-7(12)11-8(10)9(13)14/h6,8H,2-5H2,1H3,(H,11,12)(H,13,14). The Labute approximate surface area is 82.7 Å². The molecule has 2 aliphatic rings. The van der Waals surface area contributed by atoms with E-state index in [9.17, 15) is 9.59 Å². The zero-order chi connectivity index (χ0) is 10.3. The van der Waals surface area contributed by atoms with Crippen molar-refractivity contribution in [3.8, 4) is 0 Å². The van der Waals surface area contributed by atoms with Crippen molar-refractivity contribution in [3.63, 3.8) is 0 Å². The monoisotopic (exact) mass is 197 g/mol. The van der Waals surface area contributed by atoms with E-state index in [0.717, 1.165) is 19.3 Å². The number of nitrogens with one attached hydrogen (secondary N) is 1. The zero-order valence-corrected chi connectivity index (χ0v) is 8.25. The Kier molecular flexibility index (Phi) is 2.01. The lowest BCUT2D eigenvalue weighted by atomic mass is 9.72. The van der Waals surface area contributed by atoms with Crippen LogP contribution in [0.4, 0.5) is 0 Å². The number of carboxylic acid groups (broad SMARTS) is 1. The molecule has 0 radical (unpaired) electrons. The molecule has 0 aromatic heterocycles. The summed E-state index contributed by atoms with van der Waals surface area (Å²) in [5, 5.41) is 11.6. The Morgan fingerprint density at radius 2 is 2.36 bits per heavy atom. The molecular weight excluding hydrogens is 182 g/mol. The second-order valence-corrected chi connectivity index (χ2v) is 4.54. The van der Waals surface area contributed by atoms with Crippen molar-refractivity contribution in [2.45, 2.75) is 38.6 Å². The van der Waals surface area contributed by atoms with Gasteiger partial charge in [0, 0.05) is 11.8 Å². The Balaban J connectivity index is 2.31. The average molecular weight is 197 g/mol. The van der Waals surface area contributed by atoms with Crippen LogP contribution in [0.25, 0.3) is 0 Å². The van der Waals surface area contributed by atoms with Gasteiger partial charge in [0.25, 0.3) is 0 Å². The highest BCUT2D eigenvalue weighted by atomic mass is 16.4. The van der Waals surface area contributed by atoms with Crippen LogP contribution >= 0.6 is 0 Å². The molecule has 4 nitrogen and oxygen atoms in total. The van der Waals surface area contributed by atoms with E-state index in [1.54, 1.807) is 0 Å². The first-order valence-electron chi connectivity index (χ1n) is 5.08. The normalized spacial score (nSPS) is 41.6. The van der Waals surface area contributed by atoms with Crippen LogP contribution in [0.15, 0.2) is 0 Å². The van der Waals surface area contributed by atoms with Crippen LogP contribution in [0, 0.1) is 11.3 Å². The molecule has 2 rings (SSSR count). The van der Waals surface area contributed by atoms with Crippen molar-refractivity contribution in [1.82, 2.24) is 5.32 Å². The van der Waals surface area contributed by atoms with Crippen molar-refractivity contribution >= 4 is 11.9 Å². The van der Waals surface area contributed by atoms with E-state index in [1.807, 2.05) is 0 Å². The first kappa shape index (κ1) is 9.49. The fraction of sp³-hybridized carbons (Fsp3) is 0.800. The van der Waals surface area contributed by atoms with E-state index >= 15 is 0 Å². The number of carboxylic acids is 1. The van der Waals surface area contributed by atoms with Crippen molar-refractivity contribution in [2.75, 3.05) is 0 Å². The van der Waals surface area contributed by atoms with E-state index in [1.165, 1.54) is 0 Å². The molecule has 3 unspecified atom stereocenters. The molecule has 1 aliphatic heterocycles. The van der Waals surface area contributed by atoms with Gasteiger partial charge < -0.3 is 10.4 Å². The predicted octanol–water partition coefficient (Wildman–Crippen LogP) is 0.766. The number of aliphatic carboxylic acids is 1. The maximum Gasteiger partial charge on any atom is 0.326 e. The van der Waals surface area contributed by atoms with E-state index in [2.05, 4.69) is 12.2 Å². The molecule has 0 aromatic rings. The summed E-state index contributed by atoms with van der Waals surface area (Å²) < 4.78 is 0. The summed E-state index contributed by atoms with van der Waals surface area (Å²) in [6.07, 6.45) is 3.34. The minimum absolute atomic E-state index is 0.105. The summed E-state index contributed by atoms with van der Waals surface area (Å²) in [7, 11) is 0. The van der Waals surface area contributed by atoms with Crippen LogP contribution in [0.1, 0.15) is 32.6 Å². The molecule has 2 fully saturated rings. The molecule has 1 saturated carbocycles. The number of hydrogen-bond donors (Lipinski definition) is 2. The molecule has 1 saturated heterocycles. The Bertz CT molecular complexity index is 289. The van der Waals surface area contributed by atoms with Gasteiger partial charge in [-0.05, 0) is 12.3 Å². The molecule has 14 heavy (non-hydrogen) atoms. The molecule has 3 atom stereocenters. The summed E-state index contributed by atoms with van der Waals surface area (Å²) in [6.45, 7) is 2.06. The molecule has 4 heteroatoms. The first-order chi connectivity index (χ1) is 6.56. The number of rotatable bonds is 1. The molecule has 1 aliphatic carbocycles. The van der Waals surface area contributed by atoms with Gasteiger partial charge >= 0.3 is 5.97 Å². The molecule has 0 aromatic carbocycles. The highest BCUT2D eigenvalue weighted by Gasteiger charge is 2.55. The maximum atomic E-state index is 11.3. The van der Waals surface area contributed by atoms with Gasteiger partial charge in [0.15, 0.2) is 0 Å². The topological polar surface area (TPSA) is 66.4 Å². The number of carbonyl (C=O) groups is 2. The van der Waals surface area contributed by atoms with Crippen molar-refractivity contribution in [2.24, 2.45) is 11.3 Å². The van der Waals surface area contributed by atoms with Gasteiger partial charge in [-0.25, -0.2) is 4.79 Å². The van der Waals surface area contributed by atoms with Crippen LogP contribution in [0.5, 0.6) is 0 Å². The number of amides is 1. The van der Waals surface area contributed by atoms with Crippen molar-refractivity contribution in [1.29, 1.82) is 0 Å². The van der Waals surface area contributed by atoms with Gasteiger partial charge in [0.05, 0.1) is 0 Å². The van der Waals surface area contributed by atoms with Crippen LogP contribution < -0.4 is 5.32 Å². The first-order valence-corrected chi connectivity index (χ1v) is 5.08. The van der Waals surface area contributed by atoms with Gasteiger partial charge in [0.1, 0.15) is 6.04 Å². The lowest BCUT2D eigenvalue weighted by Crippen LogP contribution is -2.45. The lowest BCUT2D eigenvalue weighted by Gasteiger charge is -2.31. The zero-order valence-electron chi connectivity index (χ0n) is 8.25. The molecule has 2 N–H and O–H groups in total. The third-order valence-corrected chi connectivity index (χ3v) is 3.88. The average Bonchev–Trinajstić information content (AvgIpc) is 2.60. The SMILES string of the molecule is CC1CCCC12CC(=O)NC2C(=O)O. The smallest absolute Gasteiger partial charge is 0.326 e. The molecule has 1 amide bonds. The molecular formula is C10H15NO3. The summed E-state index contributed by atoms with van der Waals surface area (Å²) in [5.74, 6) is -0.654. The second kappa shape index (κ2) is 2.97.